The van der Waals surface area contributed by atoms with Crippen LogP contribution < -0.4 is 15.0 Å². The molecule has 0 radical (unpaired) electrons. The summed E-state index contributed by atoms with van der Waals surface area (Å²) in [6.45, 7) is 0. The van der Waals surface area contributed by atoms with E-state index in [4.69, 9.17) is 9.47 Å². The summed E-state index contributed by atoms with van der Waals surface area (Å²) < 4.78 is 10.4. The van der Waals surface area contributed by atoms with E-state index in [1.54, 1.807) is 25.3 Å². The fourth-order valence-corrected chi connectivity index (χ4v) is 1.62. The van der Waals surface area contributed by atoms with Gasteiger partial charge in [-0.25, -0.2) is 4.98 Å². The van der Waals surface area contributed by atoms with Crippen LogP contribution in [0.25, 0.3) is 11.3 Å². The molecular formula is C12H12N2O3. The highest BCUT2D eigenvalue weighted by atomic mass is 16.5. The zero-order valence-corrected chi connectivity index (χ0v) is 9.56. The van der Waals surface area contributed by atoms with Crippen LogP contribution in [0.1, 0.15) is 0 Å². The third kappa shape index (κ3) is 1.99. The molecule has 0 spiro atoms. The molecular weight excluding hydrogens is 220 g/mol. The third-order valence-electron chi connectivity index (χ3n) is 2.37. The Balaban J connectivity index is 2.68. The SMILES string of the molecule is COc1cccc(-c2ncc[nH]c2=O)c1OC. The average Bonchev–Trinajstić information content (AvgIpc) is 2.38. The van der Waals surface area contributed by atoms with E-state index in [0.717, 1.165) is 0 Å². The van der Waals surface area contributed by atoms with Gasteiger partial charge in [-0.15, -0.1) is 0 Å². The normalized spacial score (nSPS) is 10.0. The van der Waals surface area contributed by atoms with E-state index in [0.29, 0.717) is 22.8 Å². The number of aromatic nitrogens is 2. The summed E-state index contributed by atoms with van der Waals surface area (Å²) in [5.41, 5.74) is 0.649. The average molecular weight is 232 g/mol. The van der Waals surface area contributed by atoms with Crippen LogP contribution in [0.15, 0.2) is 35.4 Å². The van der Waals surface area contributed by atoms with Gasteiger partial charge in [0, 0.05) is 12.4 Å². The quantitative estimate of drug-likeness (QED) is 0.870. The minimum Gasteiger partial charge on any atom is -0.493 e. The summed E-state index contributed by atoms with van der Waals surface area (Å²) in [4.78, 5) is 18.3. The van der Waals surface area contributed by atoms with Crippen molar-refractivity contribution in [3.8, 4) is 22.8 Å². The van der Waals surface area contributed by atoms with Crippen molar-refractivity contribution in [2.75, 3.05) is 14.2 Å². The lowest BCUT2D eigenvalue weighted by atomic mass is 10.1. The Morgan fingerprint density at radius 1 is 1.24 bits per heavy atom. The molecule has 0 atom stereocenters. The van der Waals surface area contributed by atoms with E-state index in [1.807, 2.05) is 0 Å². The number of rotatable bonds is 3. The second-order valence-corrected chi connectivity index (χ2v) is 3.31. The van der Waals surface area contributed by atoms with E-state index >= 15 is 0 Å². The number of aromatic amines is 1. The molecule has 1 heterocycles. The van der Waals surface area contributed by atoms with E-state index in [9.17, 15) is 4.79 Å². The minimum atomic E-state index is -0.265. The molecule has 5 nitrogen and oxygen atoms in total. The van der Waals surface area contributed by atoms with Gasteiger partial charge in [-0.05, 0) is 12.1 Å². The first kappa shape index (κ1) is 11.2. The predicted octanol–water partition coefficient (Wildman–Crippen LogP) is 1.45. The maximum Gasteiger partial charge on any atom is 0.274 e. The molecule has 0 aliphatic carbocycles. The Kier molecular flexibility index (Phi) is 3.09. The second-order valence-electron chi connectivity index (χ2n) is 3.31. The molecule has 0 amide bonds. The molecule has 0 unspecified atom stereocenters. The smallest absolute Gasteiger partial charge is 0.274 e. The molecule has 1 aromatic heterocycles. The summed E-state index contributed by atoms with van der Waals surface area (Å²) in [7, 11) is 3.07. The molecule has 1 N–H and O–H groups in total. The van der Waals surface area contributed by atoms with E-state index in [-0.39, 0.29) is 5.56 Å². The summed E-state index contributed by atoms with van der Waals surface area (Å²) in [6.07, 6.45) is 3.01. The lowest BCUT2D eigenvalue weighted by Gasteiger charge is -2.11. The van der Waals surface area contributed by atoms with Gasteiger partial charge < -0.3 is 14.5 Å². The number of benzene rings is 1. The zero-order chi connectivity index (χ0) is 12.3. The Bertz CT molecular complexity index is 578. The van der Waals surface area contributed by atoms with Gasteiger partial charge in [-0.2, -0.15) is 0 Å². The predicted molar refractivity (Wildman–Crippen MR) is 63.4 cm³/mol. The molecule has 2 rings (SSSR count). The van der Waals surface area contributed by atoms with Crippen LogP contribution >= 0.6 is 0 Å². The van der Waals surface area contributed by atoms with Gasteiger partial charge in [0.1, 0.15) is 5.69 Å². The van der Waals surface area contributed by atoms with E-state index in [1.165, 1.54) is 19.5 Å². The van der Waals surface area contributed by atoms with Crippen molar-refractivity contribution >= 4 is 0 Å². The molecule has 0 saturated carbocycles. The van der Waals surface area contributed by atoms with Crippen LogP contribution in [0.3, 0.4) is 0 Å². The lowest BCUT2D eigenvalue weighted by Crippen LogP contribution is -2.10. The Morgan fingerprint density at radius 3 is 2.71 bits per heavy atom. The van der Waals surface area contributed by atoms with Crippen LogP contribution in [0.5, 0.6) is 11.5 Å². The summed E-state index contributed by atoms with van der Waals surface area (Å²) in [5.74, 6) is 1.06. The molecule has 0 fully saturated rings. The third-order valence-corrected chi connectivity index (χ3v) is 2.37. The van der Waals surface area contributed by atoms with Gasteiger partial charge in [-0.1, -0.05) is 6.07 Å². The second kappa shape index (κ2) is 4.69. The highest BCUT2D eigenvalue weighted by Gasteiger charge is 2.14. The number of hydrogen-bond acceptors (Lipinski definition) is 4. The van der Waals surface area contributed by atoms with E-state index < -0.39 is 0 Å². The highest BCUT2D eigenvalue weighted by molar-refractivity contribution is 5.70. The maximum absolute atomic E-state index is 11.7. The molecule has 5 heteroatoms. The monoisotopic (exact) mass is 232 g/mol. The standard InChI is InChI=1S/C12H12N2O3/c1-16-9-5-3-4-8(11(9)17-2)10-12(15)14-7-6-13-10/h3-7H,1-2H3,(H,14,15). The lowest BCUT2D eigenvalue weighted by molar-refractivity contribution is 0.356. The minimum absolute atomic E-state index is 0.265. The maximum atomic E-state index is 11.7. The molecule has 0 aliphatic rings. The summed E-state index contributed by atoms with van der Waals surface area (Å²) >= 11 is 0. The Morgan fingerprint density at radius 2 is 2.06 bits per heavy atom. The molecule has 1 aromatic carbocycles. The number of ether oxygens (including phenoxy) is 2. The van der Waals surface area contributed by atoms with Crippen molar-refractivity contribution in [2.45, 2.75) is 0 Å². The highest BCUT2D eigenvalue weighted by Crippen LogP contribution is 2.35. The fraction of sp³-hybridized carbons (Fsp3) is 0.167. The fourth-order valence-electron chi connectivity index (χ4n) is 1.62. The van der Waals surface area contributed by atoms with Crippen LogP contribution in [0.2, 0.25) is 0 Å². The number of para-hydroxylation sites is 1. The Hall–Kier alpha value is -2.30. The van der Waals surface area contributed by atoms with Crippen molar-refractivity contribution in [1.29, 1.82) is 0 Å². The van der Waals surface area contributed by atoms with Crippen molar-refractivity contribution in [2.24, 2.45) is 0 Å². The number of nitrogens with zero attached hydrogens (tertiary/aromatic N) is 1. The summed E-state index contributed by atoms with van der Waals surface area (Å²) in [6, 6.07) is 5.31. The molecule has 0 saturated heterocycles. The molecule has 0 bridgehead atoms. The first-order chi connectivity index (χ1) is 8.27. The van der Waals surface area contributed by atoms with Crippen LogP contribution in [-0.4, -0.2) is 24.2 Å². The van der Waals surface area contributed by atoms with Crippen molar-refractivity contribution in [1.82, 2.24) is 9.97 Å². The molecule has 0 aliphatic heterocycles. The molecule has 88 valence electrons. The van der Waals surface area contributed by atoms with Gasteiger partial charge in [0.05, 0.1) is 19.8 Å². The van der Waals surface area contributed by atoms with Crippen molar-refractivity contribution in [3.63, 3.8) is 0 Å². The van der Waals surface area contributed by atoms with Crippen molar-refractivity contribution < 1.29 is 9.47 Å². The van der Waals surface area contributed by atoms with Gasteiger partial charge in [-0.3, -0.25) is 4.79 Å². The summed E-state index contributed by atoms with van der Waals surface area (Å²) in [5, 5.41) is 0. The topological polar surface area (TPSA) is 64.2 Å². The first-order valence-corrected chi connectivity index (χ1v) is 5.03. The Labute approximate surface area is 98.0 Å². The zero-order valence-electron chi connectivity index (χ0n) is 9.56. The molecule has 17 heavy (non-hydrogen) atoms. The largest absolute Gasteiger partial charge is 0.493 e. The number of nitrogens with one attached hydrogen (secondary N) is 1. The van der Waals surface area contributed by atoms with Gasteiger partial charge in [0.25, 0.3) is 5.56 Å². The van der Waals surface area contributed by atoms with Gasteiger partial charge in [0.2, 0.25) is 0 Å². The first-order valence-electron chi connectivity index (χ1n) is 5.03. The van der Waals surface area contributed by atoms with E-state index in [2.05, 4.69) is 9.97 Å². The number of hydrogen-bond donors (Lipinski definition) is 1. The van der Waals surface area contributed by atoms with Crippen molar-refractivity contribution in [3.05, 3.63) is 40.9 Å². The number of H-pyrrole nitrogens is 1. The van der Waals surface area contributed by atoms with Gasteiger partial charge >= 0.3 is 0 Å². The molecule has 2 aromatic rings. The van der Waals surface area contributed by atoms with Crippen LogP contribution in [-0.2, 0) is 0 Å². The number of methoxy groups -OCH3 is 2. The van der Waals surface area contributed by atoms with Gasteiger partial charge in [0.15, 0.2) is 11.5 Å². The van der Waals surface area contributed by atoms with Crippen LogP contribution in [0.4, 0.5) is 0 Å². The van der Waals surface area contributed by atoms with Crippen LogP contribution in [0, 0.1) is 0 Å².